The Labute approximate surface area is 99.3 Å². The van der Waals surface area contributed by atoms with Crippen LogP contribution in [0.2, 0.25) is 0 Å². The second-order valence-electron chi connectivity index (χ2n) is 5.51. The number of likely N-dealkylation sites (N-methyl/N-ethyl adjacent to an activating group) is 1. The van der Waals surface area contributed by atoms with E-state index in [1.54, 1.807) is 0 Å². The molecule has 1 aliphatic heterocycles. The Bertz CT molecular complexity index is 186. The first-order valence-corrected chi connectivity index (χ1v) is 6.10. The van der Waals surface area contributed by atoms with E-state index < -0.39 is 0 Å². The molecule has 1 N–H and O–H groups in total. The summed E-state index contributed by atoms with van der Waals surface area (Å²) in [5, 5.41) is 3.48. The second-order valence-corrected chi connectivity index (χ2v) is 5.51. The standard InChI is InChI=1S/C12H26N2O2/c1-12(2,3)13-5-6-14(4)9-11-10-15-7-8-16-11/h11,13H,5-10H2,1-4H3. The summed E-state index contributed by atoms with van der Waals surface area (Å²) in [6.07, 6.45) is 0.244. The van der Waals surface area contributed by atoms with E-state index in [-0.39, 0.29) is 11.6 Å². The molecule has 4 heteroatoms. The minimum absolute atomic E-state index is 0.200. The summed E-state index contributed by atoms with van der Waals surface area (Å²) in [7, 11) is 2.13. The van der Waals surface area contributed by atoms with Gasteiger partial charge in [-0.25, -0.2) is 0 Å². The van der Waals surface area contributed by atoms with Crippen molar-refractivity contribution < 1.29 is 9.47 Å². The van der Waals surface area contributed by atoms with Gasteiger partial charge in [0.25, 0.3) is 0 Å². The van der Waals surface area contributed by atoms with Crippen molar-refractivity contribution in [3.05, 3.63) is 0 Å². The zero-order chi connectivity index (χ0) is 12.0. The molecule has 0 aromatic carbocycles. The van der Waals surface area contributed by atoms with Gasteiger partial charge in [-0.1, -0.05) is 0 Å². The van der Waals surface area contributed by atoms with Crippen LogP contribution in [0.3, 0.4) is 0 Å². The van der Waals surface area contributed by atoms with Crippen molar-refractivity contribution in [2.24, 2.45) is 0 Å². The third-order valence-electron chi connectivity index (χ3n) is 2.55. The molecule has 0 aliphatic carbocycles. The minimum atomic E-state index is 0.200. The Hall–Kier alpha value is -0.160. The highest BCUT2D eigenvalue weighted by atomic mass is 16.6. The summed E-state index contributed by atoms with van der Waals surface area (Å²) < 4.78 is 11.0. The van der Waals surface area contributed by atoms with Crippen LogP contribution in [0.15, 0.2) is 0 Å². The van der Waals surface area contributed by atoms with Gasteiger partial charge in [0.1, 0.15) is 0 Å². The molecule has 0 aromatic heterocycles. The molecule has 0 saturated carbocycles. The van der Waals surface area contributed by atoms with E-state index in [9.17, 15) is 0 Å². The number of rotatable bonds is 5. The molecule has 1 atom stereocenters. The molecule has 0 bridgehead atoms. The van der Waals surface area contributed by atoms with Gasteiger partial charge in [-0.05, 0) is 27.8 Å². The van der Waals surface area contributed by atoms with Crippen LogP contribution in [-0.4, -0.2) is 63.0 Å². The predicted octanol–water partition coefficient (Wildman–Crippen LogP) is 0.722. The number of nitrogens with zero attached hydrogens (tertiary/aromatic N) is 1. The fourth-order valence-corrected chi connectivity index (χ4v) is 1.70. The molecule has 0 spiro atoms. The molecule has 1 rings (SSSR count). The smallest absolute Gasteiger partial charge is 0.0936 e. The number of ether oxygens (including phenoxy) is 2. The van der Waals surface area contributed by atoms with Crippen molar-refractivity contribution >= 4 is 0 Å². The third-order valence-corrected chi connectivity index (χ3v) is 2.55. The summed E-state index contributed by atoms with van der Waals surface area (Å²) in [4.78, 5) is 2.29. The van der Waals surface area contributed by atoms with Gasteiger partial charge in [-0.3, -0.25) is 0 Å². The third kappa shape index (κ3) is 6.43. The maximum absolute atomic E-state index is 5.61. The van der Waals surface area contributed by atoms with Crippen LogP contribution in [0.4, 0.5) is 0 Å². The summed E-state index contributed by atoms with van der Waals surface area (Å²) in [5.74, 6) is 0. The molecule has 0 aromatic rings. The molecule has 0 amide bonds. The van der Waals surface area contributed by atoms with Gasteiger partial charge < -0.3 is 19.7 Å². The average Bonchev–Trinajstić information content (AvgIpc) is 2.17. The first-order valence-electron chi connectivity index (χ1n) is 6.10. The molecule has 1 fully saturated rings. The Balaban J connectivity index is 2.08. The fourth-order valence-electron chi connectivity index (χ4n) is 1.70. The van der Waals surface area contributed by atoms with Crippen molar-refractivity contribution in [1.82, 2.24) is 10.2 Å². The summed E-state index contributed by atoms with van der Waals surface area (Å²) in [6, 6.07) is 0. The lowest BCUT2D eigenvalue weighted by Crippen LogP contribution is -2.43. The summed E-state index contributed by atoms with van der Waals surface area (Å²) in [6.45, 7) is 11.8. The molecule has 1 saturated heterocycles. The SMILES string of the molecule is CN(CCNC(C)(C)C)CC1COCCO1. The lowest BCUT2D eigenvalue weighted by atomic mass is 10.1. The van der Waals surface area contributed by atoms with Crippen molar-refractivity contribution in [2.45, 2.75) is 32.4 Å². The Morgan fingerprint density at radius 3 is 2.62 bits per heavy atom. The van der Waals surface area contributed by atoms with E-state index in [0.29, 0.717) is 0 Å². The molecule has 16 heavy (non-hydrogen) atoms. The number of hydrogen-bond acceptors (Lipinski definition) is 4. The quantitative estimate of drug-likeness (QED) is 0.754. The molecule has 4 nitrogen and oxygen atoms in total. The van der Waals surface area contributed by atoms with E-state index in [4.69, 9.17) is 9.47 Å². The molecule has 96 valence electrons. The average molecular weight is 230 g/mol. The van der Waals surface area contributed by atoms with Gasteiger partial charge in [0.15, 0.2) is 0 Å². The van der Waals surface area contributed by atoms with Gasteiger partial charge in [0, 0.05) is 25.2 Å². The Morgan fingerprint density at radius 1 is 1.31 bits per heavy atom. The molecule has 1 aliphatic rings. The first-order chi connectivity index (χ1) is 7.47. The Morgan fingerprint density at radius 2 is 2.06 bits per heavy atom. The molecule has 0 radical (unpaired) electrons. The number of nitrogens with one attached hydrogen (secondary N) is 1. The van der Waals surface area contributed by atoms with Crippen molar-refractivity contribution in [3.8, 4) is 0 Å². The highest BCUT2D eigenvalue weighted by Crippen LogP contribution is 2.02. The zero-order valence-corrected chi connectivity index (χ0v) is 11.1. The first kappa shape index (κ1) is 13.9. The largest absolute Gasteiger partial charge is 0.376 e. The van der Waals surface area contributed by atoms with Crippen LogP contribution in [0.5, 0.6) is 0 Å². The Kier molecular flexibility index (Phi) is 5.69. The van der Waals surface area contributed by atoms with Gasteiger partial charge >= 0.3 is 0 Å². The van der Waals surface area contributed by atoms with Gasteiger partial charge in [-0.2, -0.15) is 0 Å². The summed E-state index contributed by atoms with van der Waals surface area (Å²) >= 11 is 0. The van der Waals surface area contributed by atoms with Crippen molar-refractivity contribution in [2.75, 3.05) is 46.5 Å². The van der Waals surface area contributed by atoms with Crippen LogP contribution in [-0.2, 0) is 9.47 Å². The van der Waals surface area contributed by atoms with E-state index in [1.807, 2.05) is 0 Å². The van der Waals surface area contributed by atoms with Gasteiger partial charge in [-0.15, -0.1) is 0 Å². The van der Waals surface area contributed by atoms with Crippen molar-refractivity contribution in [3.63, 3.8) is 0 Å². The normalized spacial score (nSPS) is 22.7. The highest BCUT2D eigenvalue weighted by Gasteiger charge is 2.16. The number of hydrogen-bond donors (Lipinski definition) is 1. The molecular formula is C12H26N2O2. The van der Waals surface area contributed by atoms with Crippen LogP contribution >= 0.6 is 0 Å². The zero-order valence-electron chi connectivity index (χ0n) is 11.1. The topological polar surface area (TPSA) is 33.7 Å². The predicted molar refractivity (Wildman–Crippen MR) is 65.8 cm³/mol. The van der Waals surface area contributed by atoms with Gasteiger partial charge in [0.2, 0.25) is 0 Å². The second kappa shape index (κ2) is 6.55. The van der Waals surface area contributed by atoms with E-state index >= 15 is 0 Å². The summed E-state index contributed by atoms with van der Waals surface area (Å²) in [5.41, 5.74) is 0.200. The van der Waals surface area contributed by atoms with Crippen LogP contribution in [0.25, 0.3) is 0 Å². The lowest BCUT2D eigenvalue weighted by molar-refractivity contribution is -0.0956. The maximum Gasteiger partial charge on any atom is 0.0936 e. The maximum atomic E-state index is 5.61. The van der Waals surface area contributed by atoms with Gasteiger partial charge in [0.05, 0.1) is 25.9 Å². The van der Waals surface area contributed by atoms with Crippen LogP contribution < -0.4 is 5.32 Å². The van der Waals surface area contributed by atoms with E-state index in [0.717, 1.165) is 39.5 Å². The van der Waals surface area contributed by atoms with E-state index in [1.165, 1.54) is 0 Å². The fraction of sp³-hybridized carbons (Fsp3) is 1.00. The molecule has 1 heterocycles. The van der Waals surface area contributed by atoms with Crippen molar-refractivity contribution in [1.29, 1.82) is 0 Å². The van der Waals surface area contributed by atoms with E-state index in [2.05, 4.69) is 38.0 Å². The lowest BCUT2D eigenvalue weighted by Gasteiger charge is -2.28. The van der Waals surface area contributed by atoms with Crippen LogP contribution in [0.1, 0.15) is 20.8 Å². The molecule has 1 unspecified atom stereocenters. The monoisotopic (exact) mass is 230 g/mol. The minimum Gasteiger partial charge on any atom is -0.376 e. The molecular weight excluding hydrogens is 204 g/mol. The van der Waals surface area contributed by atoms with Crippen LogP contribution in [0, 0.1) is 0 Å². The highest BCUT2D eigenvalue weighted by molar-refractivity contribution is 4.72.